The molecule has 2 atom stereocenters. The molecule has 1 aliphatic heterocycles. The Morgan fingerprint density at radius 2 is 1.70 bits per heavy atom. The molecule has 1 heterocycles. The Balaban J connectivity index is 2.20. The molecule has 7 heteroatoms. The van der Waals surface area contributed by atoms with E-state index in [9.17, 15) is 16.8 Å². The van der Waals surface area contributed by atoms with Gasteiger partial charge in [0.1, 0.15) is 9.84 Å². The number of sulfonamides is 1. The molecule has 1 aromatic rings. The van der Waals surface area contributed by atoms with Gasteiger partial charge in [0, 0.05) is 19.3 Å². The van der Waals surface area contributed by atoms with Gasteiger partial charge in [-0.3, -0.25) is 0 Å². The van der Waals surface area contributed by atoms with Crippen LogP contribution in [-0.2, 0) is 19.9 Å². The van der Waals surface area contributed by atoms with Crippen LogP contribution in [0.3, 0.4) is 0 Å². The van der Waals surface area contributed by atoms with Gasteiger partial charge in [0.2, 0.25) is 10.0 Å². The minimum atomic E-state index is -3.52. The van der Waals surface area contributed by atoms with Crippen LogP contribution in [-0.4, -0.2) is 46.2 Å². The maximum absolute atomic E-state index is 12.5. The molecule has 0 radical (unpaired) electrons. The van der Waals surface area contributed by atoms with Crippen molar-refractivity contribution in [2.45, 2.75) is 11.8 Å². The molecule has 1 aliphatic rings. The van der Waals surface area contributed by atoms with Crippen molar-refractivity contribution < 1.29 is 16.8 Å². The Kier molecular flexibility index (Phi) is 4.22. The first-order valence-corrected chi connectivity index (χ1v) is 9.93. The normalized spacial score (nSPS) is 24.9. The van der Waals surface area contributed by atoms with Crippen molar-refractivity contribution in [3.05, 3.63) is 30.3 Å². The fourth-order valence-electron chi connectivity index (χ4n) is 2.53. The lowest BCUT2D eigenvalue weighted by Gasteiger charge is -2.16. The maximum Gasteiger partial charge on any atom is 0.243 e. The number of sulfone groups is 1. The Morgan fingerprint density at radius 3 is 2.25 bits per heavy atom. The predicted octanol–water partition coefficient (Wildman–Crippen LogP) is 0.988. The van der Waals surface area contributed by atoms with E-state index in [1.165, 1.54) is 10.6 Å². The SMILES string of the molecule is C[C@H]1CN(S(=O)(=O)c2ccccc2)C[C@H]1CS(C)(=O)=O. The van der Waals surface area contributed by atoms with Gasteiger partial charge in [-0.15, -0.1) is 0 Å². The van der Waals surface area contributed by atoms with Crippen LogP contribution in [0.25, 0.3) is 0 Å². The lowest BCUT2D eigenvalue weighted by molar-refractivity contribution is 0.463. The van der Waals surface area contributed by atoms with E-state index in [1.807, 2.05) is 6.92 Å². The molecular weight excluding hydrogens is 298 g/mol. The van der Waals surface area contributed by atoms with E-state index in [1.54, 1.807) is 30.3 Å². The molecule has 1 fully saturated rings. The fourth-order valence-corrected chi connectivity index (χ4v) is 5.36. The zero-order chi connectivity index (χ0) is 15.0. The monoisotopic (exact) mass is 317 g/mol. The summed E-state index contributed by atoms with van der Waals surface area (Å²) in [5.74, 6) is -0.0543. The highest BCUT2D eigenvalue weighted by Crippen LogP contribution is 2.29. The second kappa shape index (κ2) is 5.46. The van der Waals surface area contributed by atoms with E-state index in [0.29, 0.717) is 6.54 Å². The summed E-state index contributed by atoms with van der Waals surface area (Å²) in [6.07, 6.45) is 1.19. The minimum Gasteiger partial charge on any atom is -0.229 e. The van der Waals surface area contributed by atoms with Crippen LogP contribution in [0.15, 0.2) is 35.2 Å². The molecular formula is C13H19NO4S2. The van der Waals surface area contributed by atoms with Crippen molar-refractivity contribution in [3.63, 3.8) is 0 Å². The fraction of sp³-hybridized carbons (Fsp3) is 0.538. The maximum atomic E-state index is 12.5. The molecule has 1 saturated heterocycles. The molecule has 0 saturated carbocycles. The van der Waals surface area contributed by atoms with Gasteiger partial charge in [-0.2, -0.15) is 4.31 Å². The summed E-state index contributed by atoms with van der Waals surface area (Å²) in [7, 11) is -6.62. The summed E-state index contributed by atoms with van der Waals surface area (Å²) in [6, 6.07) is 8.24. The summed E-state index contributed by atoms with van der Waals surface area (Å²) in [4.78, 5) is 0.257. The van der Waals surface area contributed by atoms with Crippen molar-refractivity contribution in [2.75, 3.05) is 25.1 Å². The number of nitrogens with zero attached hydrogens (tertiary/aromatic N) is 1. The van der Waals surface area contributed by atoms with Gasteiger partial charge in [0.25, 0.3) is 0 Å². The lowest BCUT2D eigenvalue weighted by Crippen LogP contribution is -2.29. The third kappa shape index (κ3) is 3.39. The molecule has 0 amide bonds. The third-order valence-corrected chi connectivity index (χ3v) is 6.51. The molecule has 5 nitrogen and oxygen atoms in total. The van der Waals surface area contributed by atoms with Gasteiger partial charge in [-0.1, -0.05) is 25.1 Å². The molecule has 0 bridgehead atoms. The average Bonchev–Trinajstić information content (AvgIpc) is 2.70. The van der Waals surface area contributed by atoms with Gasteiger partial charge in [0.05, 0.1) is 10.6 Å². The van der Waals surface area contributed by atoms with Crippen LogP contribution in [0.2, 0.25) is 0 Å². The number of hydrogen-bond acceptors (Lipinski definition) is 4. The highest BCUT2D eigenvalue weighted by molar-refractivity contribution is 7.90. The largest absolute Gasteiger partial charge is 0.243 e. The first-order chi connectivity index (χ1) is 9.20. The first kappa shape index (κ1) is 15.5. The Labute approximate surface area is 120 Å². The van der Waals surface area contributed by atoms with Crippen molar-refractivity contribution in [1.29, 1.82) is 0 Å². The molecule has 0 spiro atoms. The molecule has 112 valence electrons. The molecule has 0 unspecified atom stereocenters. The van der Waals surface area contributed by atoms with Crippen molar-refractivity contribution >= 4 is 19.9 Å². The van der Waals surface area contributed by atoms with E-state index in [4.69, 9.17) is 0 Å². The smallest absolute Gasteiger partial charge is 0.229 e. The second-order valence-corrected chi connectivity index (χ2v) is 9.59. The highest BCUT2D eigenvalue weighted by Gasteiger charge is 2.38. The predicted molar refractivity (Wildman–Crippen MR) is 77.6 cm³/mol. The van der Waals surface area contributed by atoms with Crippen LogP contribution in [0.5, 0.6) is 0 Å². The van der Waals surface area contributed by atoms with Crippen LogP contribution >= 0.6 is 0 Å². The molecule has 2 rings (SSSR count). The summed E-state index contributed by atoms with van der Waals surface area (Å²) < 4.78 is 49.1. The topological polar surface area (TPSA) is 71.5 Å². The van der Waals surface area contributed by atoms with Crippen molar-refractivity contribution in [2.24, 2.45) is 11.8 Å². The van der Waals surface area contributed by atoms with E-state index >= 15 is 0 Å². The van der Waals surface area contributed by atoms with Gasteiger partial charge in [-0.05, 0) is 24.0 Å². The summed E-state index contributed by atoms with van der Waals surface area (Å²) in [5, 5.41) is 0. The Hall–Kier alpha value is -0.920. The van der Waals surface area contributed by atoms with Crippen molar-refractivity contribution in [3.8, 4) is 0 Å². The van der Waals surface area contributed by atoms with Gasteiger partial charge >= 0.3 is 0 Å². The van der Waals surface area contributed by atoms with E-state index < -0.39 is 19.9 Å². The number of benzene rings is 1. The average molecular weight is 317 g/mol. The zero-order valence-electron chi connectivity index (χ0n) is 11.6. The first-order valence-electron chi connectivity index (χ1n) is 6.43. The second-order valence-electron chi connectivity index (χ2n) is 5.46. The summed E-state index contributed by atoms with van der Waals surface area (Å²) in [6.45, 7) is 2.54. The quantitative estimate of drug-likeness (QED) is 0.830. The van der Waals surface area contributed by atoms with E-state index in [-0.39, 0.29) is 29.0 Å². The van der Waals surface area contributed by atoms with Crippen molar-refractivity contribution in [1.82, 2.24) is 4.31 Å². The van der Waals surface area contributed by atoms with Crippen LogP contribution in [0, 0.1) is 11.8 Å². The van der Waals surface area contributed by atoms with E-state index in [0.717, 1.165) is 0 Å². The Morgan fingerprint density at radius 1 is 1.10 bits per heavy atom. The molecule has 1 aromatic carbocycles. The highest BCUT2D eigenvalue weighted by atomic mass is 32.2. The Bertz CT molecular complexity index is 668. The zero-order valence-corrected chi connectivity index (χ0v) is 13.2. The summed E-state index contributed by atoms with van der Waals surface area (Å²) >= 11 is 0. The van der Waals surface area contributed by atoms with Crippen LogP contribution < -0.4 is 0 Å². The van der Waals surface area contributed by atoms with Crippen LogP contribution in [0.1, 0.15) is 6.92 Å². The van der Waals surface area contributed by atoms with Gasteiger partial charge in [-0.25, -0.2) is 16.8 Å². The minimum absolute atomic E-state index is 0.0367. The standard InChI is InChI=1S/C13H19NO4S2/c1-11-8-14(9-12(11)10-19(2,15)16)20(17,18)13-6-4-3-5-7-13/h3-7,11-12H,8-10H2,1-2H3/t11-,12-/m0/s1. The molecule has 0 aliphatic carbocycles. The summed E-state index contributed by atoms with van der Waals surface area (Å²) in [5.41, 5.74) is 0. The molecule has 0 aromatic heterocycles. The van der Waals surface area contributed by atoms with Gasteiger partial charge in [0.15, 0.2) is 0 Å². The van der Waals surface area contributed by atoms with Gasteiger partial charge < -0.3 is 0 Å². The third-order valence-electron chi connectivity index (χ3n) is 3.63. The lowest BCUT2D eigenvalue weighted by atomic mass is 10.0. The molecule has 20 heavy (non-hydrogen) atoms. The molecule has 0 N–H and O–H groups in total. The number of rotatable bonds is 4. The van der Waals surface area contributed by atoms with E-state index in [2.05, 4.69) is 0 Å². The van der Waals surface area contributed by atoms with Crippen LogP contribution in [0.4, 0.5) is 0 Å². The number of hydrogen-bond donors (Lipinski definition) is 0.